The highest BCUT2D eigenvalue weighted by Crippen LogP contribution is 2.29. The van der Waals surface area contributed by atoms with E-state index in [1.807, 2.05) is 11.4 Å². The van der Waals surface area contributed by atoms with Crippen LogP contribution in [-0.4, -0.2) is 29.8 Å². The van der Waals surface area contributed by atoms with Crippen molar-refractivity contribution in [2.45, 2.75) is 11.0 Å². The van der Waals surface area contributed by atoms with Crippen molar-refractivity contribution < 1.29 is 17.9 Å². The van der Waals surface area contributed by atoms with E-state index < -0.39 is 16.1 Å². The number of nitrogens with one attached hydrogen (secondary N) is 1. The molecule has 3 rings (SSSR count). The van der Waals surface area contributed by atoms with E-state index in [4.69, 9.17) is 4.42 Å². The maximum atomic E-state index is 12.1. The fraction of sp³-hybridized carbons (Fsp3) is 0.214. The minimum Gasteiger partial charge on any atom is -0.464 e. The van der Waals surface area contributed by atoms with Crippen LogP contribution in [0.15, 0.2) is 51.5 Å². The molecule has 0 bridgehead atoms. The monoisotopic (exact) mass is 353 g/mol. The number of thiophene rings is 1. The molecule has 3 aromatic rings. The average molecular weight is 353 g/mol. The van der Waals surface area contributed by atoms with Crippen molar-refractivity contribution in [1.82, 2.24) is 14.5 Å². The molecule has 7 nitrogen and oxygen atoms in total. The van der Waals surface area contributed by atoms with Gasteiger partial charge in [0.25, 0.3) is 0 Å². The zero-order valence-electron chi connectivity index (χ0n) is 12.2. The maximum absolute atomic E-state index is 12.1. The minimum atomic E-state index is -3.69. The first kappa shape index (κ1) is 15.9. The van der Waals surface area contributed by atoms with Gasteiger partial charge in [0, 0.05) is 35.6 Å². The fourth-order valence-electron chi connectivity index (χ4n) is 2.01. The minimum absolute atomic E-state index is 0.0645. The molecule has 2 N–H and O–H groups in total. The number of nitrogens with zero attached hydrogens (tertiary/aromatic N) is 2. The number of aromatic nitrogens is 2. The Hall–Kier alpha value is -1.94. The van der Waals surface area contributed by atoms with Crippen LogP contribution in [0.3, 0.4) is 0 Å². The number of aliphatic hydroxyl groups excluding tert-OH is 1. The molecule has 0 saturated heterocycles. The SMILES string of the molecule is Cn1cc(S(=O)(=O)NCC(O)c2cc(-c3ccco3)cs2)cn1. The van der Waals surface area contributed by atoms with Crippen LogP contribution in [0.5, 0.6) is 0 Å². The molecule has 1 unspecified atom stereocenters. The molecule has 3 aromatic heterocycles. The van der Waals surface area contributed by atoms with Crippen molar-refractivity contribution in [2.75, 3.05) is 6.54 Å². The summed E-state index contributed by atoms with van der Waals surface area (Å²) in [6, 6.07) is 5.39. The molecule has 0 saturated carbocycles. The molecule has 9 heteroatoms. The predicted octanol–water partition coefficient (Wildman–Crippen LogP) is 1.75. The molecular formula is C14H15N3O4S2. The van der Waals surface area contributed by atoms with E-state index in [-0.39, 0.29) is 11.4 Å². The van der Waals surface area contributed by atoms with E-state index in [0.29, 0.717) is 10.6 Å². The lowest BCUT2D eigenvalue weighted by Gasteiger charge is -2.09. The first-order chi connectivity index (χ1) is 11.0. The third-order valence-electron chi connectivity index (χ3n) is 3.21. The lowest BCUT2D eigenvalue weighted by Crippen LogP contribution is -2.28. The van der Waals surface area contributed by atoms with Gasteiger partial charge in [0.15, 0.2) is 0 Å². The molecule has 0 aliphatic rings. The van der Waals surface area contributed by atoms with Gasteiger partial charge in [0.05, 0.1) is 12.5 Å². The lowest BCUT2D eigenvalue weighted by atomic mass is 10.2. The normalized spacial score (nSPS) is 13.3. The number of rotatable bonds is 6. The average Bonchev–Trinajstić information content (AvgIpc) is 3.24. The second-order valence-corrected chi connectivity index (χ2v) is 7.64. The van der Waals surface area contributed by atoms with Gasteiger partial charge in [-0.1, -0.05) is 0 Å². The van der Waals surface area contributed by atoms with Crippen LogP contribution in [-0.2, 0) is 17.1 Å². The highest BCUT2D eigenvalue weighted by atomic mass is 32.2. The van der Waals surface area contributed by atoms with E-state index in [1.54, 1.807) is 25.4 Å². The van der Waals surface area contributed by atoms with Gasteiger partial charge >= 0.3 is 0 Å². The number of furan rings is 1. The molecule has 0 amide bonds. The molecule has 122 valence electrons. The Balaban J connectivity index is 1.67. The number of aryl methyl sites for hydroxylation is 1. The van der Waals surface area contributed by atoms with Crippen LogP contribution >= 0.6 is 11.3 Å². The summed E-state index contributed by atoms with van der Waals surface area (Å²) in [4.78, 5) is 0.722. The van der Waals surface area contributed by atoms with Crippen LogP contribution in [0.1, 0.15) is 11.0 Å². The van der Waals surface area contributed by atoms with Gasteiger partial charge in [-0.05, 0) is 18.2 Å². The zero-order valence-corrected chi connectivity index (χ0v) is 13.8. The summed E-state index contributed by atoms with van der Waals surface area (Å²) in [5.74, 6) is 0.704. The topological polar surface area (TPSA) is 97.4 Å². The summed E-state index contributed by atoms with van der Waals surface area (Å²) < 4.78 is 33.2. The summed E-state index contributed by atoms with van der Waals surface area (Å²) in [5.41, 5.74) is 0.851. The molecule has 3 heterocycles. The Morgan fingerprint density at radius 2 is 2.35 bits per heavy atom. The predicted molar refractivity (Wildman–Crippen MR) is 85.4 cm³/mol. The van der Waals surface area contributed by atoms with Crippen LogP contribution in [0, 0.1) is 0 Å². The Morgan fingerprint density at radius 1 is 1.52 bits per heavy atom. The van der Waals surface area contributed by atoms with Crippen LogP contribution in [0.4, 0.5) is 0 Å². The molecule has 0 radical (unpaired) electrons. The zero-order chi connectivity index (χ0) is 16.4. The third-order valence-corrected chi connectivity index (χ3v) is 5.62. The van der Waals surface area contributed by atoms with Crippen molar-refractivity contribution in [3.8, 4) is 11.3 Å². The molecule has 0 aromatic carbocycles. The van der Waals surface area contributed by atoms with Crippen molar-refractivity contribution in [1.29, 1.82) is 0 Å². The van der Waals surface area contributed by atoms with Gasteiger partial charge in [0.2, 0.25) is 10.0 Å². The number of hydrogen-bond donors (Lipinski definition) is 2. The molecule has 0 spiro atoms. The third kappa shape index (κ3) is 3.53. The second kappa shape index (κ2) is 6.28. The van der Waals surface area contributed by atoms with Crippen molar-refractivity contribution >= 4 is 21.4 Å². The van der Waals surface area contributed by atoms with Crippen molar-refractivity contribution in [3.63, 3.8) is 0 Å². The first-order valence-corrected chi connectivity index (χ1v) is 9.11. The van der Waals surface area contributed by atoms with Gasteiger partial charge in [0.1, 0.15) is 16.8 Å². The van der Waals surface area contributed by atoms with Gasteiger partial charge in [-0.15, -0.1) is 11.3 Å². The van der Waals surface area contributed by atoms with E-state index in [9.17, 15) is 13.5 Å². The van der Waals surface area contributed by atoms with Gasteiger partial charge in [-0.25, -0.2) is 13.1 Å². The standard InChI is InChI=1S/C14H15N3O4S2/c1-17-8-11(6-15-17)23(19,20)16-7-12(18)14-5-10(9-22-14)13-3-2-4-21-13/h2-6,8-9,12,16,18H,7H2,1H3. The maximum Gasteiger partial charge on any atom is 0.243 e. The quantitative estimate of drug-likeness (QED) is 0.704. The van der Waals surface area contributed by atoms with Crippen molar-refractivity contribution in [2.24, 2.45) is 7.05 Å². The largest absolute Gasteiger partial charge is 0.464 e. The highest BCUT2D eigenvalue weighted by Gasteiger charge is 2.19. The number of sulfonamides is 1. The molecule has 0 fully saturated rings. The number of hydrogen-bond acceptors (Lipinski definition) is 6. The van der Waals surface area contributed by atoms with Crippen LogP contribution in [0.25, 0.3) is 11.3 Å². The highest BCUT2D eigenvalue weighted by molar-refractivity contribution is 7.89. The Bertz CT molecular complexity index is 881. The summed E-state index contributed by atoms with van der Waals surface area (Å²) in [6.07, 6.45) is 3.30. The first-order valence-electron chi connectivity index (χ1n) is 6.74. The molecule has 0 aliphatic heterocycles. The summed E-state index contributed by atoms with van der Waals surface area (Å²) in [5, 5.41) is 15.9. The van der Waals surface area contributed by atoms with Crippen LogP contribution < -0.4 is 4.72 Å². The summed E-state index contributed by atoms with van der Waals surface area (Å²) in [6.45, 7) is -0.116. The molecule has 1 atom stereocenters. The van der Waals surface area contributed by atoms with E-state index in [1.165, 1.54) is 28.4 Å². The molecular weight excluding hydrogens is 338 g/mol. The lowest BCUT2D eigenvalue weighted by molar-refractivity contribution is 0.186. The van der Waals surface area contributed by atoms with Gasteiger partial charge in [-0.3, -0.25) is 4.68 Å². The van der Waals surface area contributed by atoms with Gasteiger partial charge < -0.3 is 9.52 Å². The smallest absolute Gasteiger partial charge is 0.243 e. The Labute approximate surface area is 137 Å². The van der Waals surface area contributed by atoms with Crippen molar-refractivity contribution in [3.05, 3.63) is 47.1 Å². The Morgan fingerprint density at radius 3 is 3.00 bits per heavy atom. The van der Waals surface area contributed by atoms with Crippen LogP contribution in [0.2, 0.25) is 0 Å². The Kier molecular flexibility index (Phi) is 4.35. The van der Waals surface area contributed by atoms with E-state index in [2.05, 4.69) is 9.82 Å². The van der Waals surface area contributed by atoms with E-state index >= 15 is 0 Å². The van der Waals surface area contributed by atoms with Gasteiger partial charge in [-0.2, -0.15) is 5.10 Å². The summed E-state index contributed by atoms with van der Waals surface area (Å²) >= 11 is 1.35. The number of aliphatic hydroxyl groups is 1. The van der Waals surface area contributed by atoms with E-state index in [0.717, 1.165) is 5.56 Å². The molecule has 0 aliphatic carbocycles. The summed E-state index contributed by atoms with van der Waals surface area (Å²) in [7, 11) is -2.05. The second-order valence-electron chi connectivity index (χ2n) is 4.93. The molecule has 23 heavy (non-hydrogen) atoms. The fourth-order valence-corrected chi connectivity index (χ4v) is 3.91.